The van der Waals surface area contributed by atoms with Crippen molar-refractivity contribution in [3.63, 3.8) is 0 Å². The van der Waals surface area contributed by atoms with Crippen LogP contribution in [0.15, 0.2) is 64.5 Å². The first kappa shape index (κ1) is 13.3. The highest BCUT2D eigenvalue weighted by Gasteiger charge is 2.03. The average molecular weight is 345 g/mol. The van der Waals surface area contributed by atoms with Gasteiger partial charge in [-0.2, -0.15) is 0 Å². The first-order valence-corrected chi connectivity index (χ1v) is 7.98. The Bertz CT molecular complexity index is 677. The van der Waals surface area contributed by atoms with Gasteiger partial charge < -0.3 is 5.32 Å². The van der Waals surface area contributed by atoms with Crippen LogP contribution >= 0.6 is 27.3 Å². The van der Waals surface area contributed by atoms with E-state index >= 15 is 0 Å². The van der Waals surface area contributed by atoms with Gasteiger partial charge in [0.1, 0.15) is 5.01 Å². The summed E-state index contributed by atoms with van der Waals surface area (Å²) in [5, 5.41) is 6.57. The Labute approximate surface area is 130 Å². The van der Waals surface area contributed by atoms with Crippen molar-refractivity contribution < 1.29 is 0 Å². The third-order valence-corrected chi connectivity index (χ3v) is 4.29. The van der Waals surface area contributed by atoms with Gasteiger partial charge in [0.2, 0.25) is 0 Å². The van der Waals surface area contributed by atoms with Gasteiger partial charge in [0, 0.05) is 21.1 Å². The Morgan fingerprint density at radius 3 is 2.50 bits per heavy atom. The maximum absolute atomic E-state index is 4.66. The lowest BCUT2D eigenvalue weighted by molar-refractivity contribution is 1.11. The molecule has 0 unspecified atom stereocenters. The van der Waals surface area contributed by atoms with E-state index in [0.29, 0.717) is 0 Å². The van der Waals surface area contributed by atoms with E-state index in [1.807, 2.05) is 30.3 Å². The summed E-state index contributed by atoms with van der Waals surface area (Å²) < 4.78 is 1.09. The van der Waals surface area contributed by atoms with Crippen LogP contribution in [0.25, 0.3) is 11.3 Å². The fourth-order valence-corrected chi connectivity index (χ4v) is 2.89. The third-order valence-electron chi connectivity index (χ3n) is 2.91. The smallest absolute Gasteiger partial charge is 0.112 e. The first-order chi connectivity index (χ1) is 9.81. The molecule has 3 aromatic rings. The second-order valence-corrected chi connectivity index (χ2v) is 6.21. The summed E-state index contributed by atoms with van der Waals surface area (Å²) in [7, 11) is 0. The molecule has 0 radical (unpaired) electrons. The van der Waals surface area contributed by atoms with Crippen LogP contribution in [0.5, 0.6) is 0 Å². The maximum Gasteiger partial charge on any atom is 0.112 e. The van der Waals surface area contributed by atoms with Crippen molar-refractivity contribution in [3.8, 4) is 11.3 Å². The molecule has 0 fully saturated rings. The Balaban J connectivity index is 1.67. The summed E-state index contributed by atoms with van der Waals surface area (Å²) >= 11 is 5.12. The quantitative estimate of drug-likeness (QED) is 0.704. The maximum atomic E-state index is 4.66. The van der Waals surface area contributed by atoms with Crippen LogP contribution in [0, 0.1) is 0 Å². The number of hydrogen-bond acceptors (Lipinski definition) is 3. The van der Waals surface area contributed by atoms with Crippen molar-refractivity contribution in [2.75, 3.05) is 5.32 Å². The number of hydrogen-bond donors (Lipinski definition) is 1. The molecule has 0 saturated carbocycles. The number of nitrogens with one attached hydrogen (secondary N) is 1. The molecule has 0 aliphatic heterocycles. The number of nitrogens with zero attached hydrogens (tertiary/aromatic N) is 1. The van der Waals surface area contributed by atoms with Gasteiger partial charge >= 0.3 is 0 Å². The minimum Gasteiger partial charge on any atom is -0.379 e. The summed E-state index contributed by atoms with van der Waals surface area (Å²) in [6.07, 6.45) is 0. The number of halogens is 1. The molecule has 0 aliphatic carbocycles. The highest BCUT2D eigenvalue weighted by atomic mass is 79.9. The lowest BCUT2D eigenvalue weighted by Crippen LogP contribution is -1.98. The average Bonchev–Trinajstić information content (AvgIpc) is 2.97. The van der Waals surface area contributed by atoms with Gasteiger partial charge in [-0.05, 0) is 24.3 Å². The zero-order valence-corrected chi connectivity index (χ0v) is 13.1. The number of rotatable bonds is 4. The number of benzene rings is 2. The van der Waals surface area contributed by atoms with Gasteiger partial charge in [0.05, 0.1) is 12.2 Å². The van der Waals surface area contributed by atoms with Crippen molar-refractivity contribution in [1.29, 1.82) is 0 Å². The minimum absolute atomic E-state index is 0.749. The molecule has 1 aromatic heterocycles. The zero-order valence-electron chi connectivity index (χ0n) is 10.7. The van der Waals surface area contributed by atoms with Crippen LogP contribution in [0.4, 0.5) is 5.69 Å². The molecule has 2 aromatic carbocycles. The van der Waals surface area contributed by atoms with E-state index in [4.69, 9.17) is 0 Å². The number of aromatic nitrogens is 1. The Morgan fingerprint density at radius 2 is 1.75 bits per heavy atom. The molecule has 100 valence electrons. The van der Waals surface area contributed by atoms with Crippen LogP contribution in [0.2, 0.25) is 0 Å². The summed E-state index contributed by atoms with van der Waals surface area (Å²) in [6, 6.07) is 18.4. The molecular formula is C16H13BrN2S. The molecule has 3 rings (SSSR count). The van der Waals surface area contributed by atoms with E-state index in [1.54, 1.807) is 11.3 Å². The molecule has 0 bridgehead atoms. The van der Waals surface area contributed by atoms with Gasteiger partial charge in [-0.15, -0.1) is 11.3 Å². The minimum atomic E-state index is 0.749. The van der Waals surface area contributed by atoms with E-state index in [1.165, 1.54) is 5.56 Å². The molecule has 2 nitrogen and oxygen atoms in total. The molecular weight excluding hydrogens is 332 g/mol. The molecule has 0 saturated heterocycles. The third kappa shape index (κ3) is 3.26. The summed E-state index contributed by atoms with van der Waals surface area (Å²) in [5.41, 5.74) is 3.31. The van der Waals surface area contributed by atoms with Crippen molar-refractivity contribution in [1.82, 2.24) is 4.98 Å². The number of anilines is 1. The summed E-state index contributed by atoms with van der Waals surface area (Å²) in [4.78, 5) is 4.66. The van der Waals surface area contributed by atoms with Gasteiger partial charge in [-0.3, -0.25) is 0 Å². The van der Waals surface area contributed by atoms with Crippen LogP contribution in [-0.4, -0.2) is 4.98 Å². The SMILES string of the molecule is Brc1ccc(NCc2nc(-c3ccccc3)cs2)cc1. The topological polar surface area (TPSA) is 24.9 Å². The normalized spacial score (nSPS) is 10.4. The molecule has 0 amide bonds. The zero-order chi connectivity index (χ0) is 13.8. The second kappa shape index (κ2) is 6.20. The van der Waals surface area contributed by atoms with Gasteiger partial charge in [-0.25, -0.2) is 4.98 Å². The van der Waals surface area contributed by atoms with Crippen LogP contribution in [0.3, 0.4) is 0 Å². The summed E-state index contributed by atoms with van der Waals surface area (Å²) in [5.74, 6) is 0. The molecule has 20 heavy (non-hydrogen) atoms. The van der Waals surface area contributed by atoms with E-state index in [-0.39, 0.29) is 0 Å². The number of thiazole rings is 1. The van der Waals surface area contributed by atoms with Crippen molar-refractivity contribution in [2.45, 2.75) is 6.54 Å². The summed E-state index contributed by atoms with van der Waals surface area (Å²) in [6.45, 7) is 0.749. The van der Waals surface area contributed by atoms with Crippen LogP contribution in [-0.2, 0) is 6.54 Å². The molecule has 1 N–H and O–H groups in total. The van der Waals surface area contributed by atoms with Gasteiger partial charge in [-0.1, -0.05) is 46.3 Å². The van der Waals surface area contributed by atoms with Crippen molar-refractivity contribution in [2.24, 2.45) is 0 Å². The standard InChI is InChI=1S/C16H13BrN2S/c17-13-6-8-14(9-7-13)18-10-16-19-15(11-20-16)12-4-2-1-3-5-12/h1-9,11,18H,10H2. The van der Waals surface area contributed by atoms with E-state index < -0.39 is 0 Å². The lowest BCUT2D eigenvalue weighted by atomic mass is 10.2. The molecule has 1 heterocycles. The van der Waals surface area contributed by atoms with Gasteiger partial charge in [0.15, 0.2) is 0 Å². The van der Waals surface area contributed by atoms with E-state index in [2.05, 4.69) is 55.9 Å². The van der Waals surface area contributed by atoms with Gasteiger partial charge in [0.25, 0.3) is 0 Å². The van der Waals surface area contributed by atoms with Crippen molar-refractivity contribution in [3.05, 3.63) is 69.5 Å². The van der Waals surface area contributed by atoms with E-state index in [0.717, 1.165) is 27.4 Å². The van der Waals surface area contributed by atoms with Crippen LogP contribution in [0.1, 0.15) is 5.01 Å². The molecule has 4 heteroatoms. The molecule has 0 spiro atoms. The first-order valence-electron chi connectivity index (χ1n) is 6.30. The predicted octanol–water partition coefficient (Wildman–Crippen LogP) is 5.18. The Hall–Kier alpha value is -1.65. The monoisotopic (exact) mass is 344 g/mol. The Morgan fingerprint density at radius 1 is 1.00 bits per heavy atom. The predicted molar refractivity (Wildman–Crippen MR) is 89.0 cm³/mol. The molecule has 0 atom stereocenters. The van der Waals surface area contributed by atoms with Crippen molar-refractivity contribution >= 4 is 33.0 Å². The van der Waals surface area contributed by atoms with Crippen LogP contribution < -0.4 is 5.32 Å². The molecule has 0 aliphatic rings. The van der Waals surface area contributed by atoms with E-state index in [9.17, 15) is 0 Å². The fraction of sp³-hybridized carbons (Fsp3) is 0.0625. The highest BCUT2D eigenvalue weighted by Crippen LogP contribution is 2.22. The fourth-order valence-electron chi connectivity index (χ4n) is 1.88. The Kier molecular flexibility index (Phi) is 4.14. The largest absolute Gasteiger partial charge is 0.379 e. The second-order valence-electron chi connectivity index (χ2n) is 4.35. The lowest BCUT2D eigenvalue weighted by Gasteiger charge is -2.03. The highest BCUT2D eigenvalue weighted by molar-refractivity contribution is 9.10.